The highest BCUT2D eigenvalue weighted by Crippen LogP contribution is 2.10. The van der Waals surface area contributed by atoms with Gasteiger partial charge in [-0.25, -0.2) is 9.97 Å². The Morgan fingerprint density at radius 1 is 1.38 bits per heavy atom. The van der Waals surface area contributed by atoms with Crippen molar-refractivity contribution in [2.45, 2.75) is 27.2 Å². The van der Waals surface area contributed by atoms with Gasteiger partial charge in [0, 0.05) is 30.9 Å². The maximum atomic E-state index is 5.50. The molecule has 0 aliphatic carbocycles. The van der Waals surface area contributed by atoms with Gasteiger partial charge < -0.3 is 10.6 Å². The first kappa shape index (κ1) is 12.8. The molecule has 1 aromatic heterocycles. The molecule has 0 atom stereocenters. The molecule has 16 heavy (non-hydrogen) atoms. The first-order valence-corrected chi connectivity index (χ1v) is 5.79. The molecule has 0 amide bonds. The minimum absolute atomic E-state index is 0.530. The number of hydrogen-bond donors (Lipinski definition) is 1. The normalized spacial score (nSPS) is 10.2. The largest absolute Gasteiger partial charge is 0.393 e. The highest BCUT2D eigenvalue weighted by molar-refractivity contribution is 7.80. The second kappa shape index (κ2) is 5.75. The second-order valence-electron chi connectivity index (χ2n) is 3.75. The van der Waals surface area contributed by atoms with Gasteiger partial charge in [-0.3, -0.25) is 0 Å². The Morgan fingerprint density at radius 2 is 1.94 bits per heavy atom. The molecule has 0 saturated heterocycles. The number of aromatic nitrogens is 2. The van der Waals surface area contributed by atoms with Gasteiger partial charge in [0.05, 0.1) is 4.99 Å². The van der Waals surface area contributed by atoms with Crippen molar-refractivity contribution >= 4 is 23.2 Å². The average molecular weight is 238 g/mol. The predicted octanol–water partition coefficient (Wildman–Crippen LogP) is 1.60. The Balaban J connectivity index is 2.81. The number of anilines is 1. The molecule has 1 rings (SSSR count). The lowest BCUT2D eigenvalue weighted by atomic mass is 10.3. The lowest BCUT2D eigenvalue weighted by molar-refractivity contribution is 0.790. The number of aryl methyl sites for hydroxylation is 2. The molecule has 0 spiro atoms. The van der Waals surface area contributed by atoms with Crippen molar-refractivity contribution in [1.29, 1.82) is 0 Å². The van der Waals surface area contributed by atoms with Crippen LogP contribution in [0.15, 0.2) is 6.07 Å². The fourth-order valence-corrected chi connectivity index (χ4v) is 1.58. The molecule has 0 bridgehead atoms. The van der Waals surface area contributed by atoms with Crippen molar-refractivity contribution in [3.05, 3.63) is 17.5 Å². The summed E-state index contributed by atoms with van der Waals surface area (Å²) >= 11 is 4.87. The van der Waals surface area contributed by atoms with E-state index < -0.39 is 0 Å². The van der Waals surface area contributed by atoms with E-state index in [1.54, 1.807) is 0 Å². The third kappa shape index (κ3) is 3.73. The Kier molecular flexibility index (Phi) is 4.61. The van der Waals surface area contributed by atoms with Crippen LogP contribution in [0.25, 0.3) is 0 Å². The summed E-state index contributed by atoms with van der Waals surface area (Å²) in [5.74, 6) is 0.760. The van der Waals surface area contributed by atoms with Crippen molar-refractivity contribution in [2.24, 2.45) is 5.73 Å². The molecule has 0 aliphatic heterocycles. The minimum Gasteiger partial charge on any atom is -0.393 e. The van der Waals surface area contributed by atoms with Crippen molar-refractivity contribution in [3.8, 4) is 0 Å². The summed E-state index contributed by atoms with van der Waals surface area (Å²) in [5, 5.41) is 0. The SMILES string of the molecule is CCN(CCC(N)=S)c1nc(C)cc(C)n1. The minimum atomic E-state index is 0.530. The van der Waals surface area contributed by atoms with Crippen LogP contribution < -0.4 is 10.6 Å². The Labute approximate surface area is 102 Å². The van der Waals surface area contributed by atoms with E-state index in [1.165, 1.54) is 0 Å². The molecular weight excluding hydrogens is 220 g/mol. The fraction of sp³-hybridized carbons (Fsp3) is 0.545. The summed E-state index contributed by atoms with van der Waals surface area (Å²) < 4.78 is 0. The van der Waals surface area contributed by atoms with Gasteiger partial charge in [-0.1, -0.05) is 12.2 Å². The van der Waals surface area contributed by atoms with E-state index in [9.17, 15) is 0 Å². The first-order chi connectivity index (χ1) is 7.52. The molecule has 0 aliphatic rings. The number of nitrogens with zero attached hydrogens (tertiary/aromatic N) is 3. The highest BCUT2D eigenvalue weighted by Gasteiger charge is 2.08. The summed E-state index contributed by atoms with van der Waals surface area (Å²) in [5.41, 5.74) is 7.46. The van der Waals surface area contributed by atoms with E-state index in [2.05, 4.69) is 21.8 Å². The van der Waals surface area contributed by atoms with Gasteiger partial charge in [0.25, 0.3) is 0 Å². The monoisotopic (exact) mass is 238 g/mol. The van der Waals surface area contributed by atoms with Crippen LogP contribution in [0.2, 0.25) is 0 Å². The maximum absolute atomic E-state index is 5.50. The van der Waals surface area contributed by atoms with Crippen LogP contribution in [-0.2, 0) is 0 Å². The third-order valence-corrected chi connectivity index (χ3v) is 2.47. The van der Waals surface area contributed by atoms with E-state index >= 15 is 0 Å². The highest BCUT2D eigenvalue weighted by atomic mass is 32.1. The lowest BCUT2D eigenvalue weighted by Gasteiger charge is -2.21. The topological polar surface area (TPSA) is 55.0 Å². The summed E-state index contributed by atoms with van der Waals surface area (Å²) in [6.45, 7) is 7.64. The molecule has 0 unspecified atom stereocenters. The van der Waals surface area contributed by atoms with Crippen molar-refractivity contribution < 1.29 is 0 Å². The molecule has 5 heteroatoms. The number of hydrogen-bond acceptors (Lipinski definition) is 4. The van der Waals surface area contributed by atoms with Gasteiger partial charge in [-0.2, -0.15) is 0 Å². The molecule has 88 valence electrons. The van der Waals surface area contributed by atoms with E-state index in [4.69, 9.17) is 18.0 Å². The third-order valence-electron chi connectivity index (χ3n) is 2.26. The summed E-state index contributed by atoms with van der Waals surface area (Å²) in [7, 11) is 0. The van der Waals surface area contributed by atoms with Crippen LogP contribution >= 0.6 is 12.2 Å². The molecule has 2 N–H and O–H groups in total. The van der Waals surface area contributed by atoms with Gasteiger partial charge in [0.1, 0.15) is 0 Å². The van der Waals surface area contributed by atoms with Crippen molar-refractivity contribution in [1.82, 2.24) is 9.97 Å². The van der Waals surface area contributed by atoms with E-state index in [0.29, 0.717) is 11.4 Å². The summed E-state index contributed by atoms with van der Waals surface area (Å²) in [6.07, 6.45) is 0.694. The molecule has 0 aromatic carbocycles. The van der Waals surface area contributed by atoms with E-state index in [-0.39, 0.29) is 0 Å². The average Bonchev–Trinajstić information content (AvgIpc) is 2.16. The second-order valence-corrected chi connectivity index (χ2v) is 4.27. The zero-order valence-corrected chi connectivity index (χ0v) is 10.8. The summed E-state index contributed by atoms with van der Waals surface area (Å²) in [6, 6.07) is 1.96. The predicted molar refractivity (Wildman–Crippen MR) is 70.8 cm³/mol. The summed E-state index contributed by atoms with van der Waals surface area (Å²) in [4.78, 5) is 11.4. The zero-order chi connectivity index (χ0) is 12.1. The lowest BCUT2D eigenvalue weighted by Crippen LogP contribution is -2.29. The molecule has 0 saturated carbocycles. The van der Waals surface area contributed by atoms with Gasteiger partial charge in [0.2, 0.25) is 5.95 Å². The quantitative estimate of drug-likeness (QED) is 0.790. The smallest absolute Gasteiger partial charge is 0.225 e. The molecule has 0 radical (unpaired) electrons. The number of thiocarbonyl (C=S) groups is 1. The van der Waals surface area contributed by atoms with Gasteiger partial charge >= 0.3 is 0 Å². The van der Waals surface area contributed by atoms with Crippen LogP contribution in [0.3, 0.4) is 0 Å². The molecule has 4 nitrogen and oxygen atoms in total. The van der Waals surface area contributed by atoms with E-state index in [0.717, 1.165) is 30.4 Å². The standard InChI is InChI=1S/C11H18N4S/c1-4-15(6-5-10(12)16)11-13-8(2)7-9(3)14-11/h7H,4-6H2,1-3H3,(H2,12,16). The number of nitrogens with two attached hydrogens (primary N) is 1. The number of rotatable bonds is 5. The first-order valence-electron chi connectivity index (χ1n) is 5.38. The van der Waals surface area contributed by atoms with Gasteiger partial charge in [0.15, 0.2) is 0 Å². The molecule has 0 fully saturated rings. The van der Waals surface area contributed by atoms with Crippen molar-refractivity contribution in [2.75, 3.05) is 18.0 Å². The molecule has 1 aromatic rings. The van der Waals surface area contributed by atoms with Gasteiger partial charge in [-0.15, -0.1) is 0 Å². The van der Waals surface area contributed by atoms with Crippen LogP contribution in [0.5, 0.6) is 0 Å². The Morgan fingerprint density at radius 3 is 2.38 bits per heavy atom. The van der Waals surface area contributed by atoms with Crippen LogP contribution in [0, 0.1) is 13.8 Å². The van der Waals surface area contributed by atoms with E-state index in [1.807, 2.05) is 19.9 Å². The van der Waals surface area contributed by atoms with Gasteiger partial charge in [-0.05, 0) is 26.8 Å². The van der Waals surface area contributed by atoms with Crippen LogP contribution in [0.4, 0.5) is 5.95 Å². The van der Waals surface area contributed by atoms with Crippen molar-refractivity contribution in [3.63, 3.8) is 0 Å². The fourth-order valence-electron chi connectivity index (χ4n) is 1.49. The Hall–Kier alpha value is -1.23. The Bertz CT molecular complexity index is 358. The zero-order valence-electron chi connectivity index (χ0n) is 10.0. The maximum Gasteiger partial charge on any atom is 0.225 e. The van der Waals surface area contributed by atoms with Crippen LogP contribution in [-0.4, -0.2) is 28.0 Å². The molecule has 1 heterocycles. The molecular formula is C11H18N4S. The van der Waals surface area contributed by atoms with Crippen LogP contribution in [0.1, 0.15) is 24.7 Å².